The van der Waals surface area contributed by atoms with Crippen molar-refractivity contribution in [3.63, 3.8) is 0 Å². The molecule has 0 atom stereocenters. The number of thiophene rings is 1. The zero-order valence-corrected chi connectivity index (χ0v) is 19.8. The number of ether oxygens (including phenoxy) is 1. The van der Waals surface area contributed by atoms with E-state index in [0.29, 0.717) is 45.1 Å². The largest absolute Gasteiger partial charge is 0.381 e. The standard InChI is InChI=1S/C17H29N3O3S2.HI/c1-16(2,14-6-5-11-24-14)12-19-15(18-3)20-13-17(25(4,21)22)7-9-23-10-8-17;/h5-6,11H,7-10,12-13H2,1-4H3,(H2,18,19,20);1H. The van der Waals surface area contributed by atoms with E-state index in [-0.39, 0.29) is 29.4 Å². The molecule has 0 aromatic carbocycles. The number of sulfone groups is 1. The van der Waals surface area contributed by atoms with Crippen LogP contribution in [0.5, 0.6) is 0 Å². The molecule has 26 heavy (non-hydrogen) atoms. The lowest BCUT2D eigenvalue weighted by Gasteiger charge is -2.36. The van der Waals surface area contributed by atoms with Crippen molar-refractivity contribution in [3.8, 4) is 0 Å². The van der Waals surface area contributed by atoms with E-state index < -0.39 is 14.6 Å². The van der Waals surface area contributed by atoms with Crippen LogP contribution >= 0.6 is 35.3 Å². The average Bonchev–Trinajstić information content (AvgIpc) is 3.10. The fourth-order valence-electron chi connectivity index (χ4n) is 2.94. The molecule has 0 saturated carbocycles. The van der Waals surface area contributed by atoms with Gasteiger partial charge in [0.1, 0.15) is 0 Å². The third-order valence-electron chi connectivity index (χ3n) is 4.88. The Labute approximate surface area is 178 Å². The van der Waals surface area contributed by atoms with E-state index in [9.17, 15) is 8.42 Å². The van der Waals surface area contributed by atoms with Gasteiger partial charge in [-0.1, -0.05) is 19.9 Å². The number of hydrogen-bond donors (Lipinski definition) is 2. The highest BCUT2D eigenvalue weighted by molar-refractivity contribution is 14.0. The molecule has 1 saturated heterocycles. The molecule has 2 N–H and O–H groups in total. The van der Waals surface area contributed by atoms with Crippen molar-refractivity contribution < 1.29 is 13.2 Å². The van der Waals surface area contributed by atoms with Crippen LogP contribution in [0.25, 0.3) is 0 Å². The first-order valence-corrected chi connectivity index (χ1v) is 11.2. The topological polar surface area (TPSA) is 79.8 Å². The van der Waals surface area contributed by atoms with Crippen LogP contribution in [0, 0.1) is 0 Å². The molecule has 2 rings (SSSR count). The normalized spacial score (nSPS) is 18.1. The average molecular weight is 515 g/mol. The summed E-state index contributed by atoms with van der Waals surface area (Å²) in [5.41, 5.74) is -0.0288. The van der Waals surface area contributed by atoms with E-state index in [1.807, 2.05) is 0 Å². The SMILES string of the molecule is CN=C(NCC(C)(C)c1cccs1)NCC1(S(C)(=O)=O)CCOCC1.I. The highest BCUT2D eigenvalue weighted by Crippen LogP contribution is 2.29. The van der Waals surface area contributed by atoms with Crippen LogP contribution in [-0.4, -0.2) is 58.7 Å². The third kappa shape index (κ3) is 5.80. The van der Waals surface area contributed by atoms with Gasteiger partial charge in [-0.3, -0.25) is 4.99 Å². The lowest BCUT2D eigenvalue weighted by molar-refractivity contribution is 0.0756. The summed E-state index contributed by atoms with van der Waals surface area (Å²) in [7, 11) is -1.49. The number of rotatable bonds is 6. The summed E-state index contributed by atoms with van der Waals surface area (Å²) in [6.07, 6.45) is 2.34. The van der Waals surface area contributed by atoms with E-state index in [2.05, 4.69) is 47.0 Å². The van der Waals surface area contributed by atoms with Crippen molar-refractivity contribution in [1.29, 1.82) is 0 Å². The highest BCUT2D eigenvalue weighted by atomic mass is 127. The molecular weight excluding hydrogens is 485 g/mol. The van der Waals surface area contributed by atoms with Gasteiger partial charge >= 0.3 is 0 Å². The maximum atomic E-state index is 12.3. The van der Waals surface area contributed by atoms with Gasteiger partial charge in [0.05, 0.1) is 4.75 Å². The summed E-state index contributed by atoms with van der Waals surface area (Å²) in [5, 5.41) is 8.61. The van der Waals surface area contributed by atoms with Crippen molar-refractivity contribution in [2.75, 3.05) is 39.6 Å². The zero-order valence-electron chi connectivity index (χ0n) is 15.9. The quantitative estimate of drug-likeness (QED) is 0.346. The van der Waals surface area contributed by atoms with E-state index in [1.165, 1.54) is 11.1 Å². The lowest BCUT2D eigenvalue weighted by Crippen LogP contribution is -2.54. The van der Waals surface area contributed by atoms with Crippen molar-refractivity contribution in [2.24, 2.45) is 4.99 Å². The summed E-state index contributed by atoms with van der Waals surface area (Å²) in [6.45, 7) is 6.36. The molecule has 0 amide bonds. The van der Waals surface area contributed by atoms with Crippen LogP contribution in [0.3, 0.4) is 0 Å². The van der Waals surface area contributed by atoms with Gasteiger partial charge in [-0.05, 0) is 24.3 Å². The Morgan fingerprint density at radius 2 is 2.00 bits per heavy atom. The Bertz CT molecular complexity index is 682. The molecule has 150 valence electrons. The molecule has 0 unspecified atom stereocenters. The molecule has 1 aromatic rings. The van der Waals surface area contributed by atoms with E-state index >= 15 is 0 Å². The highest BCUT2D eigenvalue weighted by Gasteiger charge is 2.42. The van der Waals surface area contributed by atoms with Crippen LogP contribution in [0.4, 0.5) is 0 Å². The monoisotopic (exact) mass is 515 g/mol. The van der Waals surface area contributed by atoms with E-state index in [1.54, 1.807) is 18.4 Å². The second-order valence-corrected chi connectivity index (χ2v) is 10.6. The molecule has 9 heteroatoms. The first-order chi connectivity index (χ1) is 11.7. The summed E-state index contributed by atoms with van der Waals surface area (Å²) >= 11 is 1.73. The second-order valence-electron chi connectivity index (χ2n) is 7.21. The number of halogens is 1. The minimum Gasteiger partial charge on any atom is -0.381 e. The summed E-state index contributed by atoms with van der Waals surface area (Å²) < 4.78 is 29.2. The van der Waals surface area contributed by atoms with Gasteiger partial charge in [-0.2, -0.15) is 0 Å². The molecular formula is C17H30IN3O3S2. The number of guanidine groups is 1. The Hall–Kier alpha value is -0.390. The fourth-order valence-corrected chi connectivity index (χ4v) is 5.04. The molecule has 2 heterocycles. The maximum absolute atomic E-state index is 12.3. The summed E-state index contributed by atoms with van der Waals surface area (Å²) in [5.74, 6) is 0.624. The fraction of sp³-hybridized carbons (Fsp3) is 0.706. The van der Waals surface area contributed by atoms with Crippen LogP contribution < -0.4 is 10.6 Å². The predicted molar refractivity (Wildman–Crippen MR) is 120 cm³/mol. The van der Waals surface area contributed by atoms with Gasteiger partial charge in [0.2, 0.25) is 0 Å². The minimum absolute atomic E-state index is 0. The van der Waals surface area contributed by atoms with Crippen molar-refractivity contribution in [3.05, 3.63) is 22.4 Å². The molecule has 0 spiro atoms. The molecule has 1 aromatic heterocycles. The van der Waals surface area contributed by atoms with Gasteiger partial charge in [0, 0.05) is 49.9 Å². The zero-order chi connectivity index (χ0) is 18.6. The van der Waals surface area contributed by atoms with Crippen molar-refractivity contribution >= 4 is 51.1 Å². The second kappa shape index (κ2) is 9.70. The van der Waals surface area contributed by atoms with Gasteiger partial charge in [0.15, 0.2) is 15.8 Å². The molecule has 0 aliphatic carbocycles. The molecule has 6 nitrogen and oxygen atoms in total. The molecule has 1 fully saturated rings. The molecule has 1 aliphatic heterocycles. The van der Waals surface area contributed by atoms with Crippen LogP contribution in [0.15, 0.2) is 22.5 Å². The van der Waals surface area contributed by atoms with Crippen LogP contribution in [-0.2, 0) is 20.0 Å². The van der Waals surface area contributed by atoms with Gasteiger partial charge in [-0.15, -0.1) is 35.3 Å². The van der Waals surface area contributed by atoms with Gasteiger partial charge in [0.25, 0.3) is 0 Å². The summed E-state index contributed by atoms with van der Waals surface area (Å²) in [4.78, 5) is 5.54. The van der Waals surface area contributed by atoms with E-state index in [4.69, 9.17) is 4.74 Å². The van der Waals surface area contributed by atoms with E-state index in [0.717, 1.165) is 0 Å². The van der Waals surface area contributed by atoms with Crippen LogP contribution in [0.2, 0.25) is 0 Å². The number of aliphatic imine (C=N–C) groups is 1. The number of nitrogens with one attached hydrogen (secondary N) is 2. The maximum Gasteiger partial charge on any atom is 0.191 e. The summed E-state index contributed by atoms with van der Waals surface area (Å²) in [6, 6.07) is 4.18. The smallest absolute Gasteiger partial charge is 0.191 e. The Morgan fingerprint density at radius 1 is 1.35 bits per heavy atom. The Balaban J connectivity index is 0.00000338. The third-order valence-corrected chi connectivity index (χ3v) is 8.24. The molecule has 0 bridgehead atoms. The first kappa shape index (κ1) is 23.6. The molecule has 0 radical (unpaired) electrons. The first-order valence-electron chi connectivity index (χ1n) is 8.46. The van der Waals surface area contributed by atoms with Gasteiger partial charge < -0.3 is 15.4 Å². The number of nitrogens with zero attached hydrogens (tertiary/aromatic N) is 1. The molecule has 1 aliphatic rings. The van der Waals surface area contributed by atoms with Gasteiger partial charge in [-0.25, -0.2) is 8.42 Å². The Morgan fingerprint density at radius 3 is 2.50 bits per heavy atom. The van der Waals surface area contributed by atoms with Crippen molar-refractivity contribution in [1.82, 2.24) is 10.6 Å². The van der Waals surface area contributed by atoms with Crippen molar-refractivity contribution in [2.45, 2.75) is 36.9 Å². The van der Waals surface area contributed by atoms with Crippen LogP contribution in [0.1, 0.15) is 31.6 Å². The number of hydrogen-bond acceptors (Lipinski definition) is 5. The minimum atomic E-state index is -3.19. The lowest BCUT2D eigenvalue weighted by atomic mass is 9.91. The Kier molecular flexibility index (Phi) is 8.82. The predicted octanol–water partition coefficient (Wildman–Crippen LogP) is 2.40.